The zero-order valence-electron chi connectivity index (χ0n) is 7.53. The number of carbonyl (C=O) groups is 1. The number of hydrogen-bond donors (Lipinski definition) is 4. The highest BCUT2D eigenvalue weighted by molar-refractivity contribution is 5.73. The van der Waals surface area contributed by atoms with Crippen LogP contribution in [0.2, 0.25) is 0 Å². The summed E-state index contributed by atoms with van der Waals surface area (Å²) in [5.74, 6) is -1.00. The summed E-state index contributed by atoms with van der Waals surface area (Å²) in [6.07, 6.45) is 3.34. The highest BCUT2D eigenvalue weighted by Crippen LogP contribution is 1.95. The molecule has 0 saturated heterocycles. The number of carboxylic acids is 1. The van der Waals surface area contributed by atoms with Gasteiger partial charge >= 0.3 is 5.97 Å². The van der Waals surface area contributed by atoms with Gasteiger partial charge in [0.15, 0.2) is 0 Å². The summed E-state index contributed by atoms with van der Waals surface area (Å²) < 4.78 is 0. The molecule has 5 N–H and O–H groups in total. The summed E-state index contributed by atoms with van der Waals surface area (Å²) in [7, 11) is 0. The molecule has 0 amide bonds. The maximum absolute atomic E-state index is 10.3. The van der Waals surface area contributed by atoms with E-state index in [1.165, 1.54) is 6.33 Å². The number of H-pyrrole nitrogens is 1. The number of nitrogens with two attached hydrogens (primary N) is 1. The topological polar surface area (TPSA) is 155 Å². The Hall–Kier alpha value is -2.16. The van der Waals surface area contributed by atoms with E-state index in [1.807, 2.05) is 0 Å². The summed E-state index contributed by atoms with van der Waals surface area (Å²) in [6, 6.07) is -0.851. The van der Waals surface area contributed by atoms with Crippen LogP contribution in [-0.2, 0) is 11.2 Å². The number of aromatic amines is 1. The molecule has 0 aliphatic rings. The molecule has 1 unspecified atom stereocenters. The standard InChI is InChI=1S/C6H9N3O2.HNO3/c7-5(6(10)11)1-4-2-8-3-9-4;2-1(3)4/h2-3,5H,1,7H2,(H,8,9)(H,10,11);(H,2,3,4). The van der Waals surface area contributed by atoms with Gasteiger partial charge in [-0.2, -0.15) is 0 Å². The molecular weight excluding hydrogens is 208 g/mol. The van der Waals surface area contributed by atoms with E-state index in [0.29, 0.717) is 0 Å². The van der Waals surface area contributed by atoms with Crippen LogP contribution in [0.1, 0.15) is 5.69 Å². The zero-order chi connectivity index (χ0) is 11.8. The molecule has 1 rings (SSSR count). The predicted molar refractivity (Wildman–Crippen MR) is 46.7 cm³/mol. The lowest BCUT2D eigenvalue weighted by Gasteiger charge is -2.02. The Morgan fingerprint density at radius 1 is 1.80 bits per heavy atom. The zero-order valence-corrected chi connectivity index (χ0v) is 7.53. The number of aromatic nitrogens is 2. The normalized spacial score (nSPS) is 11.0. The Labute approximate surface area is 83.7 Å². The van der Waals surface area contributed by atoms with Crippen LogP contribution in [0.5, 0.6) is 0 Å². The first-order valence-corrected chi connectivity index (χ1v) is 3.72. The quantitative estimate of drug-likeness (QED) is 0.375. The number of nitrogens with one attached hydrogen (secondary N) is 1. The summed E-state index contributed by atoms with van der Waals surface area (Å²) in [4.78, 5) is 25.1. The minimum absolute atomic E-state index is 0.287. The molecule has 1 aromatic heterocycles. The van der Waals surface area contributed by atoms with E-state index in [-0.39, 0.29) is 6.42 Å². The van der Waals surface area contributed by atoms with Crippen molar-refractivity contribution in [3.8, 4) is 0 Å². The van der Waals surface area contributed by atoms with Crippen molar-refractivity contribution in [1.82, 2.24) is 9.97 Å². The van der Waals surface area contributed by atoms with Crippen LogP contribution >= 0.6 is 0 Å². The van der Waals surface area contributed by atoms with Crippen LogP contribution in [0.15, 0.2) is 12.5 Å². The number of imidazole rings is 1. The molecule has 0 aromatic carbocycles. The molecule has 9 heteroatoms. The van der Waals surface area contributed by atoms with Crippen LogP contribution in [0.3, 0.4) is 0 Å². The monoisotopic (exact) mass is 218 g/mol. The van der Waals surface area contributed by atoms with Crippen molar-refractivity contribution in [2.75, 3.05) is 0 Å². The summed E-state index contributed by atoms with van der Waals surface area (Å²) in [5, 5.41) is 22.1. The first-order chi connectivity index (χ1) is 6.93. The number of nitrogens with zero attached hydrogens (tertiary/aromatic N) is 2. The van der Waals surface area contributed by atoms with E-state index in [2.05, 4.69) is 9.97 Å². The highest BCUT2D eigenvalue weighted by Gasteiger charge is 2.11. The molecule has 84 valence electrons. The van der Waals surface area contributed by atoms with Gasteiger partial charge in [-0.3, -0.25) is 4.79 Å². The third-order valence-electron chi connectivity index (χ3n) is 1.31. The highest BCUT2D eigenvalue weighted by atomic mass is 16.9. The van der Waals surface area contributed by atoms with Crippen molar-refractivity contribution in [2.24, 2.45) is 5.73 Å². The van der Waals surface area contributed by atoms with Gasteiger partial charge < -0.3 is 21.0 Å². The lowest BCUT2D eigenvalue weighted by Crippen LogP contribution is -2.32. The average molecular weight is 218 g/mol. The molecule has 1 atom stereocenters. The van der Waals surface area contributed by atoms with Gasteiger partial charge in [0.25, 0.3) is 5.09 Å². The van der Waals surface area contributed by atoms with E-state index >= 15 is 0 Å². The molecule has 0 bridgehead atoms. The molecule has 1 heterocycles. The lowest BCUT2D eigenvalue weighted by atomic mass is 10.2. The van der Waals surface area contributed by atoms with Crippen molar-refractivity contribution in [2.45, 2.75) is 12.5 Å². The fraction of sp³-hybridized carbons (Fsp3) is 0.333. The minimum Gasteiger partial charge on any atom is -0.480 e. The van der Waals surface area contributed by atoms with E-state index < -0.39 is 17.1 Å². The second-order valence-corrected chi connectivity index (χ2v) is 2.46. The number of rotatable bonds is 3. The summed E-state index contributed by atoms with van der Waals surface area (Å²) in [6.45, 7) is 0. The largest absolute Gasteiger partial charge is 0.480 e. The molecule has 0 aliphatic carbocycles. The van der Waals surface area contributed by atoms with E-state index in [0.717, 1.165) is 5.69 Å². The Balaban J connectivity index is 0.000000423. The van der Waals surface area contributed by atoms with E-state index in [4.69, 9.17) is 26.2 Å². The fourth-order valence-electron chi connectivity index (χ4n) is 0.721. The third-order valence-corrected chi connectivity index (χ3v) is 1.31. The first-order valence-electron chi connectivity index (χ1n) is 3.72. The van der Waals surface area contributed by atoms with Gasteiger partial charge in [0.05, 0.1) is 6.33 Å². The van der Waals surface area contributed by atoms with Crippen LogP contribution in [0.4, 0.5) is 0 Å². The summed E-state index contributed by atoms with van der Waals surface area (Å²) >= 11 is 0. The molecule has 15 heavy (non-hydrogen) atoms. The Bertz CT molecular complexity index is 307. The third kappa shape index (κ3) is 6.95. The van der Waals surface area contributed by atoms with E-state index in [9.17, 15) is 4.79 Å². The van der Waals surface area contributed by atoms with Gasteiger partial charge in [0, 0.05) is 18.3 Å². The molecule has 9 nitrogen and oxygen atoms in total. The Morgan fingerprint density at radius 3 is 2.67 bits per heavy atom. The van der Waals surface area contributed by atoms with Gasteiger partial charge in [-0.05, 0) is 0 Å². The Morgan fingerprint density at radius 2 is 2.33 bits per heavy atom. The molecule has 0 saturated carbocycles. The first kappa shape index (κ1) is 12.8. The fourth-order valence-corrected chi connectivity index (χ4v) is 0.721. The average Bonchev–Trinajstić information content (AvgIpc) is 2.55. The van der Waals surface area contributed by atoms with Gasteiger partial charge in [-0.1, -0.05) is 0 Å². The number of aliphatic carboxylic acids is 1. The second kappa shape index (κ2) is 6.32. The van der Waals surface area contributed by atoms with Crippen molar-refractivity contribution >= 4 is 5.97 Å². The molecule has 0 aliphatic heterocycles. The van der Waals surface area contributed by atoms with Crippen molar-refractivity contribution < 1.29 is 20.2 Å². The molecule has 1 aromatic rings. The lowest BCUT2D eigenvalue weighted by molar-refractivity contribution is -0.742. The van der Waals surface area contributed by atoms with Gasteiger partial charge in [0.1, 0.15) is 6.04 Å². The molecule has 0 spiro atoms. The molecular formula is C6H10N4O5. The second-order valence-electron chi connectivity index (χ2n) is 2.46. The van der Waals surface area contributed by atoms with E-state index in [1.54, 1.807) is 6.20 Å². The van der Waals surface area contributed by atoms with Crippen LogP contribution < -0.4 is 5.73 Å². The number of hydrogen-bond acceptors (Lipinski definition) is 5. The maximum atomic E-state index is 10.3. The van der Waals surface area contributed by atoms with Crippen molar-refractivity contribution in [3.63, 3.8) is 0 Å². The maximum Gasteiger partial charge on any atom is 0.320 e. The predicted octanol–water partition coefficient (Wildman–Crippen LogP) is -0.984. The minimum atomic E-state index is -1.50. The molecule has 0 fully saturated rings. The van der Waals surface area contributed by atoms with Gasteiger partial charge in [0.2, 0.25) is 0 Å². The summed E-state index contributed by atoms with van der Waals surface area (Å²) in [5.41, 5.74) is 6.00. The Kier molecular flexibility index (Phi) is 5.41. The van der Waals surface area contributed by atoms with Crippen LogP contribution in [0.25, 0.3) is 0 Å². The molecule has 0 radical (unpaired) electrons. The number of carboxylic acid groups (broad SMARTS) is 1. The van der Waals surface area contributed by atoms with Gasteiger partial charge in [-0.15, -0.1) is 10.1 Å². The SMILES string of the molecule is NC(Cc1cnc[nH]1)C(=O)O.O=[N+]([O-])O. The van der Waals surface area contributed by atoms with Crippen molar-refractivity contribution in [1.29, 1.82) is 0 Å². The smallest absolute Gasteiger partial charge is 0.320 e. The van der Waals surface area contributed by atoms with Crippen LogP contribution in [0, 0.1) is 10.1 Å². The van der Waals surface area contributed by atoms with Gasteiger partial charge in [-0.25, -0.2) is 4.98 Å². The van der Waals surface area contributed by atoms with Crippen molar-refractivity contribution in [3.05, 3.63) is 28.3 Å². The van der Waals surface area contributed by atoms with Crippen LogP contribution in [-0.4, -0.2) is 37.4 Å².